The highest BCUT2D eigenvalue weighted by Crippen LogP contribution is 2.33. The van der Waals surface area contributed by atoms with Crippen molar-refractivity contribution in [1.29, 1.82) is 0 Å². The second-order valence-corrected chi connectivity index (χ2v) is 6.31. The molecule has 1 aliphatic rings. The molecule has 0 N–H and O–H groups in total. The smallest absolute Gasteiger partial charge is 0.356 e. The Morgan fingerprint density at radius 2 is 1.42 bits per heavy atom. The number of carbonyl (C=O) groups excluding carboxylic acids is 5. The topological polar surface area (TPSA) is 162 Å². The predicted octanol–water partition coefficient (Wildman–Crippen LogP) is -0.507. The summed E-state index contributed by atoms with van der Waals surface area (Å²) < 4.78 is 31.2. The minimum atomic E-state index is -1.41. The Labute approximate surface area is 177 Å². The van der Waals surface area contributed by atoms with Gasteiger partial charge in [0.15, 0.2) is 24.2 Å². The summed E-state index contributed by atoms with van der Waals surface area (Å²) in [6.07, 6.45) is -5.21. The maximum atomic E-state index is 12.4. The van der Waals surface area contributed by atoms with E-state index in [4.69, 9.17) is 23.7 Å². The predicted molar refractivity (Wildman–Crippen MR) is 98.1 cm³/mol. The van der Waals surface area contributed by atoms with E-state index in [0.29, 0.717) is 0 Å². The van der Waals surface area contributed by atoms with Crippen LogP contribution in [-0.4, -0.2) is 81.0 Å². The van der Waals surface area contributed by atoms with Gasteiger partial charge in [-0.3, -0.25) is 14.4 Å². The minimum absolute atomic E-state index is 0.383. The normalized spacial score (nSPS) is 25.7. The van der Waals surface area contributed by atoms with Crippen molar-refractivity contribution in [2.24, 2.45) is 11.1 Å². The Kier molecular flexibility index (Phi) is 10.0. The van der Waals surface area contributed by atoms with E-state index in [-0.39, 0.29) is 6.61 Å². The van der Waals surface area contributed by atoms with Crippen LogP contribution in [0.15, 0.2) is 5.16 Å². The number of ether oxygens (including phenoxy) is 6. The number of methoxy groups -OCH3 is 2. The number of rotatable bonds is 8. The van der Waals surface area contributed by atoms with Crippen LogP contribution in [0.4, 0.5) is 0 Å². The number of esters is 4. The van der Waals surface area contributed by atoms with Crippen LogP contribution in [-0.2, 0) is 57.2 Å². The van der Waals surface area contributed by atoms with Crippen LogP contribution in [0.5, 0.6) is 0 Å². The highest BCUT2D eigenvalue weighted by Gasteiger charge is 2.54. The fourth-order valence-electron chi connectivity index (χ4n) is 2.84. The molecule has 1 rings (SSSR count). The summed E-state index contributed by atoms with van der Waals surface area (Å²) in [6, 6.07) is 0. The molecule has 1 saturated heterocycles. The molecule has 174 valence electrons. The van der Waals surface area contributed by atoms with Crippen molar-refractivity contribution in [3.8, 4) is 0 Å². The molecule has 1 fully saturated rings. The zero-order valence-electron chi connectivity index (χ0n) is 17.9. The largest absolute Gasteiger partial charge is 0.464 e. The van der Waals surface area contributed by atoms with Crippen LogP contribution in [0.25, 0.3) is 0 Å². The summed E-state index contributed by atoms with van der Waals surface area (Å²) in [5.41, 5.74) is -0.529. The van der Waals surface area contributed by atoms with Gasteiger partial charge in [0.1, 0.15) is 18.6 Å². The van der Waals surface area contributed by atoms with Crippen LogP contribution >= 0.6 is 0 Å². The van der Waals surface area contributed by atoms with Gasteiger partial charge in [-0.15, -0.1) is 0 Å². The van der Waals surface area contributed by atoms with Crippen molar-refractivity contribution in [3.05, 3.63) is 0 Å². The maximum absolute atomic E-state index is 12.4. The van der Waals surface area contributed by atoms with Crippen LogP contribution in [0, 0.1) is 5.92 Å². The first-order valence-corrected chi connectivity index (χ1v) is 9.01. The molecule has 0 aromatic rings. The van der Waals surface area contributed by atoms with E-state index in [0.717, 1.165) is 34.8 Å². The molecule has 1 heterocycles. The number of nitrogens with zero attached hydrogens (tertiary/aromatic N) is 1. The molecule has 0 aromatic carbocycles. The lowest BCUT2D eigenvalue weighted by Crippen LogP contribution is -2.62. The van der Waals surface area contributed by atoms with Gasteiger partial charge in [-0.05, 0) is 0 Å². The molecule has 13 heteroatoms. The Morgan fingerprint density at radius 1 is 0.839 bits per heavy atom. The van der Waals surface area contributed by atoms with Crippen molar-refractivity contribution in [2.45, 2.75) is 52.3 Å². The number of oxime groups is 1. The first kappa shape index (κ1) is 26.0. The molecule has 0 saturated carbocycles. The monoisotopic (exact) mass is 447 g/mol. The minimum Gasteiger partial charge on any atom is -0.464 e. The quantitative estimate of drug-likeness (QED) is 0.154. The fraction of sp³-hybridized carbons (Fsp3) is 0.667. The first-order chi connectivity index (χ1) is 14.5. The van der Waals surface area contributed by atoms with Gasteiger partial charge in [0, 0.05) is 34.8 Å². The molecular formula is C18H25NO12. The van der Waals surface area contributed by atoms with Gasteiger partial charge >= 0.3 is 29.8 Å². The average Bonchev–Trinajstić information content (AvgIpc) is 2.67. The lowest BCUT2D eigenvalue weighted by atomic mass is 9.86. The van der Waals surface area contributed by atoms with Crippen LogP contribution in [0.1, 0.15) is 27.7 Å². The number of hydrogen-bond acceptors (Lipinski definition) is 13. The molecule has 0 amide bonds. The van der Waals surface area contributed by atoms with Crippen molar-refractivity contribution in [3.63, 3.8) is 0 Å². The summed E-state index contributed by atoms with van der Waals surface area (Å²) in [4.78, 5) is 62.9. The molecule has 0 spiro atoms. The molecule has 0 unspecified atom stereocenters. The van der Waals surface area contributed by atoms with Crippen LogP contribution in [0.2, 0.25) is 0 Å². The highest BCUT2D eigenvalue weighted by molar-refractivity contribution is 6.37. The van der Waals surface area contributed by atoms with Gasteiger partial charge in [0.25, 0.3) is 0 Å². The zero-order valence-corrected chi connectivity index (χ0v) is 17.9. The zero-order chi connectivity index (χ0) is 23.7. The molecular weight excluding hydrogens is 422 g/mol. The van der Waals surface area contributed by atoms with Gasteiger partial charge in [-0.25, -0.2) is 9.59 Å². The third-order valence-electron chi connectivity index (χ3n) is 3.92. The summed E-state index contributed by atoms with van der Waals surface area (Å²) in [6.45, 7) is 4.00. The fourth-order valence-corrected chi connectivity index (χ4v) is 2.84. The Hall–Kier alpha value is -3.06. The SMILES string of the molecule is COC(=O)/C(=N\OC(C)=O)[C@H]1[C@H](OC)O[C@H](COC(C)=O)[C@@H](OC(C)=O)[C@@H]1OC(C)=O. The van der Waals surface area contributed by atoms with Gasteiger partial charge < -0.3 is 33.3 Å². The number of hydrogen-bond donors (Lipinski definition) is 0. The van der Waals surface area contributed by atoms with E-state index in [2.05, 4.69) is 14.7 Å². The number of carbonyl (C=O) groups is 5. The second-order valence-electron chi connectivity index (χ2n) is 6.31. The molecule has 0 aliphatic carbocycles. The third-order valence-corrected chi connectivity index (χ3v) is 3.92. The first-order valence-electron chi connectivity index (χ1n) is 9.01. The van der Waals surface area contributed by atoms with Gasteiger partial charge in [0.2, 0.25) is 0 Å². The lowest BCUT2D eigenvalue weighted by molar-refractivity contribution is -0.274. The third kappa shape index (κ3) is 7.61. The van der Waals surface area contributed by atoms with Crippen LogP contribution in [0.3, 0.4) is 0 Å². The molecule has 31 heavy (non-hydrogen) atoms. The van der Waals surface area contributed by atoms with Crippen molar-refractivity contribution in [1.82, 2.24) is 0 Å². The molecule has 1 aliphatic heterocycles. The standard InChI is InChI=1S/C18H25NO12/c1-8(20)27-7-12-15(28-9(2)21)16(29-10(3)22)13(18(26-6)30-12)14(17(24)25-5)19-31-11(4)23/h12-13,15-16,18H,7H2,1-6H3/b19-14-/t12-,13-,15-,16-,18-/m1/s1. The second kappa shape index (κ2) is 12.0. The highest BCUT2D eigenvalue weighted by atomic mass is 16.7. The van der Waals surface area contributed by atoms with E-state index in [1.807, 2.05) is 0 Å². The Balaban J connectivity index is 3.55. The van der Waals surface area contributed by atoms with E-state index in [1.54, 1.807) is 0 Å². The Bertz CT molecular complexity index is 733. The summed E-state index contributed by atoms with van der Waals surface area (Å²) in [7, 11) is 2.27. The van der Waals surface area contributed by atoms with E-state index in [9.17, 15) is 24.0 Å². The van der Waals surface area contributed by atoms with Gasteiger partial charge in [-0.2, -0.15) is 0 Å². The average molecular weight is 447 g/mol. The summed E-state index contributed by atoms with van der Waals surface area (Å²) in [5, 5.41) is 3.50. The molecule has 13 nitrogen and oxygen atoms in total. The van der Waals surface area contributed by atoms with Crippen molar-refractivity contribution < 1.29 is 57.2 Å². The van der Waals surface area contributed by atoms with E-state index < -0.39 is 66.1 Å². The maximum Gasteiger partial charge on any atom is 0.356 e. The molecule has 0 radical (unpaired) electrons. The van der Waals surface area contributed by atoms with E-state index in [1.165, 1.54) is 7.11 Å². The Morgan fingerprint density at radius 3 is 1.87 bits per heavy atom. The van der Waals surface area contributed by atoms with Crippen molar-refractivity contribution in [2.75, 3.05) is 20.8 Å². The molecule has 5 atom stereocenters. The lowest BCUT2D eigenvalue weighted by Gasteiger charge is -2.44. The van der Waals surface area contributed by atoms with Crippen LogP contribution < -0.4 is 0 Å². The van der Waals surface area contributed by atoms with Gasteiger partial charge in [-0.1, -0.05) is 5.16 Å². The van der Waals surface area contributed by atoms with Gasteiger partial charge in [0.05, 0.1) is 7.11 Å². The summed E-state index contributed by atoms with van der Waals surface area (Å²) in [5.74, 6) is -5.46. The summed E-state index contributed by atoms with van der Waals surface area (Å²) >= 11 is 0. The van der Waals surface area contributed by atoms with Crippen molar-refractivity contribution >= 4 is 35.6 Å². The van der Waals surface area contributed by atoms with E-state index >= 15 is 0 Å². The molecule has 0 aromatic heterocycles. The molecule has 0 bridgehead atoms.